The third kappa shape index (κ3) is 4.83. The van der Waals surface area contributed by atoms with Crippen molar-refractivity contribution >= 4 is 28.3 Å². The van der Waals surface area contributed by atoms with Gasteiger partial charge in [-0.25, -0.2) is 9.97 Å². The van der Waals surface area contributed by atoms with Crippen molar-refractivity contribution < 1.29 is 4.79 Å². The predicted octanol–water partition coefficient (Wildman–Crippen LogP) is 4.39. The second-order valence-electron chi connectivity index (χ2n) is 7.83. The van der Waals surface area contributed by atoms with E-state index in [2.05, 4.69) is 51.6 Å². The molecule has 2 N–H and O–H groups in total. The number of piperidine rings is 1. The molecular weight excluding hydrogens is 374 g/mol. The molecule has 2 aromatic carbocycles. The molecule has 6 heteroatoms. The van der Waals surface area contributed by atoms with Crippen molar-refractivity contribution in [1.29, 1.82) is 0 Å². The maximum absolute atomic E-state index is 12.5. The molecule has 3 aromatic rings. The highest BCUT2D eigenvalue weighted by Crippen LogP contribution is 2.26. The highest BCUT2D eigenvalue weighted by atomic mass is 16.1. The van der Waals surface area contributed by atoms with Crippen molar-refractivity contribution in [3.63, 3.8) is 0 Å². The summed E-state index contributed by atoms with van der Waals surface area (Å²) in [7, 11) is 2.11. The average molecular weight is 402 g/mol. The Morgan fingerprint density at radius 2 is 1.87 bits per heavy atom. The summed E-state index contributed by atoms with van der Waals surface area (Å²) in [5, 5.41) is 7.34. The molecule has 6 nitrogen and oxygen atoms in total. The summed E-state index contributed by atoms with van der Waals surface area (Å²) in [6.45, 7) is 4.10. The van der Waals surface area contributed by atoms with Crippen LogP contribution in [0.5, 0.6) is 0 Å². The van der Waals surface area contributed by atoms with Gasteiger partial charge in [0.25, 0.3) is 0 Å². The van der Waals surface area contributed by atoms with Crippen LogP contribution in [0.15, 0.2) is 66.5 Å². The van der Waals surface area contributed by atoms with Crippen LogP contribution in [-0.2, 0) is 4.79 Å². The van der Waals surface area contributed by atoms with Gasteiger partial charge in [-0.3, -0.25) is 4.79 Å². The molecule has 0 aliphatic carbocycles. The number of amides is 1. The molecule has 154 valence electrons. The summed E-state index contributed by atoms with van der Waals surface area (Å²) in [6, 6.07) is 16.0. The van der Waals surface area contributed by atoms with Crippen LogP contribution >= 0.6 is 0 Å². The van der Waals surface area contributed by atoms with E-state index in [0.717, 1.165) is 48.3 Å². The third-order valence-corrected chi connectivity index (χ3v) is 5.52. The Kier molecular flexibility index (Phi) is 6.05. The normalized spacial score (nSPS) is 15.6. The van der Waals surface area contributed by atoms with E-state index in [1.54, 1.807) is 12.4 Å². The molecule has 30 heavy (non-hydrogen) atoms. The minimum absolute atomic E-state index is 0.0853. The summed E-state index contributed by atoms with van der Waals surface area (Å²) >= 11 is 0. The second kappa shape index (κ2) is 9.05. The minimum atomic E-state index is -0.0853. The Hall–Kier alpha value is -3.25. The zero-order valence-electron chi connectivity index (χ0n) is 17.4. The molecule has 1 fully saturated rings. The van der Waals surface area contributed by atoms with E-state index < -0.39 is 0 Å². The number of aromatic nitrogens is 2. The number of likely N-dealkylation sites (tertiary alicyclic amines) is 1. The van der Waals surface area contributed by atoms with E-state index >= 15 is 0 Å². The Morgan fingerprint density at radius 3 is 2.63 bits per heavy atom. The van der Waals surface area contributed by atoms with Crippen LogP contribution in [0.1, 0.15) is 31.4 Å². The molecule has 4 rings (SSSR count). The highest BCUT2D eigenvalue weighted by Gasteiger charge is 2.13. The lowest BCUT2D eigenvalue weighted by Gasteiger charge is -2.23. The zero-order chi connectivity index (χ0) is 20.9. The molecule has 1 aliphatic rings. The summed E-state index contributed by atoms with van der Waals surface area (Å²) in [5.41, 5.74) is 3.95. The van der Waals surface area contributed by atoms with Crippen LogP contribution in [0.3, 0.4) is 0 Å². The highest BCUT2D eigenvalue weighted by molar-refractivity contribution is 6.02. The van der Waals surface area contributed by atoms with Gasteiger partial charge in [-0.05, 0) is 50.6 Å². The van der Waals surface area contributed by atoms with Crippen LogP contribution in [0.25, 0.3) is 10.9 Å². The van der Waals surface area contributed by atoms with Crippen LogP contribution in [0, 0.1) is 0 Å². The standard InChI is InChI=1S/C24H27N5O/c1-17(19-6-4-3-5-7-19)27-24-21-15-20(8-9-22(21)25-16-26-24)28-23(30)14-18-10-12-29(2)13-11-18/h3-9,14-17H,10-13H2,1-2H3,(H,28,30)(H,25,26,27). The van der Waals surface area contributed by atoms with Crippen molar-refractivity contribution in [2.75, 3.05) is 30.8 Å². The number of nitrogens with zero attached hydrogens (tertiary/aromatic N) is 3. The zero-order valence-corrected chi connectivity index (χ0v) is 17.4. The van der Waals surface area contributed by atoms with Crippen molar-refractivity contribution in [3.05, 3.63) is 72.1 Å². The van der Waals surface area contributed by atoms with E-state index in [9.17, 15) is 4.79 Å². The van der Waals surface area contributed by atoms with Gasteiger partial charge >= 0.3 is 0 Å². The lowest BCUT2D eigenvalue weighted by atomic mass is 10.0. The van der Waals surface area contributed by atoms with E-state index in [0.29, 0.717) is 0 Å². The fourth-order valence-corrected chi connectivity index (χ4v) is 3.69. The van der Waals surface area contributed by atoms with E-state index in [1.807, 2.05) is 36.4 Å². The lowest BCUT2D eigenvalue weighted by molar-refractivity contribution is -0.112. The van der Waals surface area contributed by atoms with E-state index in [4.69, 9.17) is 0 Å². The maximum Gasteiger partial charge on any atom is 0.248 e. The third-order valence-electron chi connectivity index (χ3n) is 5.52. The number of fused-ring (bicyclic) bond motifs is 1. The van der Waals surface area contributed by atoms with Crippen molar-refractivity contribution in [2.24, 2.45) is 0 Å². The molecule has 2 heterocycles. The molecule has 1 amide bonds. The number of nitrogens with one attached hydrogen (secondary N) is 2. The molecule has 0 radical (unpaired) electrons. The number of anilines is 2. The number of hydrogen-bond acceptors (Lipinski definition) is 5. The second-order valence-corrected chi connectivity index (χ2v) is 7.83. The number of carbonyl (C=O) groups excluding carboxylic acids is 1. The quantitative estimate of drug-likeness (QED) is 0.621. The molecule has 0 bridgehead atoms. The average Bonchev–Trinajstić information content (AvgIpc) is 2.76. The van der Waals surface area contributed by atoms with Crippen LogP contribution in [-0.4, -0.2) is 40.9 Å². The van der Waals surface area contributed by atoms with Crippen LogP contribution in [0.2, 0.25) is 0 Å². The smallest absolute Gasteiger partial charge is 0.248 e. The van der Waals surface area contributed by atoms with Gasteiger partial charge in [0.15, 0.2) is 0 Å². The molecule has 1 saturated heterocycles. The first-order chi connectivity index (χ1) is 14.6. The number of benzene rings is 2. The van der Waals surface area contributed by atoms with Gasteiger partial charge in [0.1, 0.15) is 12.1 Å². The van der Waals surface area contributed by atoms with Crippen LogP contribution < -0.4 is 10.6 Å². The van der Waals surface area contributed by atoms with Crippen molar-refractivity contribution in [3.8, 4) is 0 Å². The number of rotatable bonds is 5. The Bertz CT molecular complexity index is 1050. The largest absolute Gasteiger partial charge is 0.363 e. The Labute approximate surface area is 177 Å². The molecule has 1 atom stereocenters. The molecule has 0 spiro atoms. The molecular formula is C24H27N5O. The first-order valence-corrected chi connectivity index (χ1v) is 10.3. The SMILES string of the molecule is CC(Nc1ncnc2ccc(NC(=O)C=C3CCN(C)CC3)cc12)c1ccccc1. The van der Waals surface area contributed by atoms with Crippen molar-refractivity contribution in [2.45, 2.75) is 25.8 Å². The molecule has 0 saturated carbocycles. The molecule has 1 aromatic heterocycles. The topological polar surface area (TPSA) is 70.1 Å². The van der Waals surface area contributed by atoms with Crippen molar-refractivity contribution in [1.82, 2.24) is 14.9 Å². The van der Waals surface area contributed by atoms with Gasteiger partial charge < -0.3 is 15.5 Å². The minimum Gasteiger partial charge on any atom is -0.363 e. The number of hydrogen-bond donors (Lipinski definition) is 2. The maximum atomic E-state index is 12.5. The number of carbonyl (C=O) groups is 1. The summed E-state index contributed by atoms with van der Waals surface area (Å²) in [5.74, 6) is 0.666. The van der Waals surface area contributed by atoms with E-state index in [-0.39, 0.29) is 11.9 Å². The Morgan fingerprint density at radius 1 is 1.10 bits per heavy atom. The van der Waals surface area contributed by atoms with Crippen LogP contribution in [0.4, 0.5) is 11.5 Å². The van der Waals surface area contributed by atoms with Gasteiger partial charge in [0.05, 0.1) is 5.52 Å². The first-order valence-electron chi connectivity index (χ1n) is 10.3. The predicted molar refractivity (Wildman–Crippen MR) is 121 cm³/mol. The molecule has 1 aliphatic heterocycles. The first kappa shape index (κ1) is 20.0. The monoisotopic (exact) mass is 401 g/mol. The lowest BCUT2D eigenvalue weighted by Crippen LogP contribution is -2.26. The Balaban J connectivity index is 1.52. The fourth-order valence-electron chi connectivity index (χ4n) is 3.69. The van der Waals surface area contributed by atoms with Gasteiger partial charge in [-0.1, -0.05) is 35.9 Å². The van der Waals surface area contributed by atoms with Gasteiger partial charge in [0.2, 0.25) is 5.91 Å². The van der Waals surface area contributed by atoms with E-state index in [1.165, 1.54) is 11.1 Å². The molecule has 1 unspecified atom stereocenters. The van der Waals surface area contributed by atoms with Gasteiger partial charge in [-0.15, -0.1) is 0 Å². The van der Waals surface area contributed by atoms with Gasteiger partial charge in [-0.2, -0.15) is 0 Å². The fraction of sp³-hybridized carbons (Fsp3) is 0.292. The summed E-state index contributed by atoms with van der Waals surface area (Å²) < 4.78 is 0. The summed E-state index contributed by atoms with van der Waals surface area (Å²) in [6.07, 6.45) is 5.20. The summed E-state index contributed by atoms with van der Waals surface area (Å²) in [4.78, 5) is 23.6. The van der Waals surface area contributed by atoms with Gasteiger partial charge in [0, 0.05) is 36.3 Å².